The smallest absolute Gasteiger partial charge is 0.0868 e. The molecular formula is C35H32N2O. The highest BCUT2D eigenvalue weighted by Gasteiger charge is 2.22. The van der Waals surface area contributed by atoms with Crippen molar-refractivity contribution < 1.29 is 5.21 Å². The molecule has 0 aromatic heterocycles. The fourth-order valence-corrected chi connectivity index (χ4v) is 5.81. The van der Waals surface area contributed by atoms with Crippen molar-refractivity contribution in [3.05, 3.63) is 125 Å². The molecule has 0 unspecified atom stereocenters. The summed E-state index contributed by atoms with van der Waals surface area (Å²) in [5.74, 6) is 0. The van der Waals surface area contributed by atoms with Crippen LogP contribution in [0.2, 0.25) is 0 Å². The average molecular weight is 497 g/mol. The standard InChI is InChI=1S/C35H32N2O/c1-36-32-21-20-27(23-33(32)37(2)38)35-30-14-8-6-12-28(30)34(29-13-7-9-15-31(29)35)26-18-16-25(17-19-26)22-24-10-4-3-5-11-24/h3-8,10-14,16-21,23,36,38H,9,15,22H2,1-2H3. The summed E-state index contributed by atoms with van der Waals surface area (Å²) in [7, 11) is 3.55. The summed E-state index contributed by atoms with van der Waals surface area (Å²) in [5, 5.41) is 17.2. The number of nitrogens with one attached hydrogen (secondary N) is 1. The highest BCUT2D eigenvalue weighted by atomic mass is 16.5. The Bertz CT molecular complexity index is 1630. The van der Waals surface area contributed by atoms with Crippen LogP contribution in [0.25, 0.3) is 39.1 Å². The van der Waals surface area contributed by atoms with E-state index in [4.69, 9.17) is 0 Å². The summed E-state index contributed by atoms with van der Waals surface area (Å²) < 4.78 is 0. The summed E-state index contributed by atoms with van der Waals surface area (Å²) in [6.07, 6.45) is 7.55. The van der Waals surface area contributed by atoms with Crippen LogP contribution in [0.15, 0.2) is 103 Å². The van der Waals surface area contributed by atoms with Crippen molar-refractivity contribution in [2.24, 2.45) is 0 Å². The molecule has 0 bridgehead atoms. The SMILES string of the molecule is CNc1ccc(-c2c3c(c(-c4ccc(Cc5ccccc5)cc4)c4ccccc24)C=CCC3)cc1N(C)O. The third-order valence-electron chi connectivity index (χ3n) is 7.61. The van der Waals surface area contributed by atoms with E-state index in [1.807, 2.05) is 7.05 Å². The van der Waals surface area contributed by atoms with Crippen LogP contribution in [0.5, 0.6) is 0 Å². The van der Waals surface area contributed by atoms with Gasteiger partial charge in [-0.25, -0.2) is 0 Å². The van der Waals surface area contributed by atoms with E-state index >= 15 is 0 Å². The Kier molecular flexibility index (Phi) is 6.45. The summed E-state index contributed by atoms with van der Waals surface area (Å²) in [4.78, 5) is 0. The number of anilines is 2. The van der Waals surface area contributed by atoms with Gasteiger partial charge in [0.15, 0.2) is 0 Å². The first-order valence-electron chi connectivity index (χ1n) is 13.3. The number of hydrogen-bond donors (Lipinski definition) is 2. The molecule has 3 heteroatoms. The molecule has 0 amide bonds. The van der Waals surface area contributed by atoms with Crippen molar-refractivity contribution in [2.45, 2.75) is 19.3 Å². The Morgan fingerprint density at radius 1 is 0.763 bits per heavy atom. The third-order valence-corrected chi connectivity index (χ3v) is 7.61. The van der Waals surface area contributed by atoms with Crippen molar-refractivity contribution in [3.63, 3.8) is 0 Å². The predicted molar refractivity (Wildman–Crippen MR) is 161 cm³/mol. The average Bonchev–Trinajstić information content (AvgIpc) is 2.96. The molecule has 188 valence electrons. The van der Waals surface area contributed by atoms with E-state index in [9.17, 15) is 5.21 Å². The van der Waals surface area contributed by atoms with E-state index < -0.39 is 0 Å². The van der Waals surface area contributed by atoms with Crippen molar-refractivity contribution in [1.29, 1.82) is 0 Å². The van der Waals surface area contributed by atoms with E-state index in [2.05, 4.69) is 115 Å². The molecule has 0 heterocycles. The normalized spacial score (nSPS) is 12.4. The highest BCUT2D eigenvalue weighted by Crippen LogP contribution is 2.45. The zero-order valence-corrected chi connectivity index (χ0v) is 21.9. The molecule has 0 aliphatic heterocycles. The first kappa shape index (κ1) is 24.0. The van der Waals surface area contributed by atoms with Crippen molar-refractivity contribution in [2.75, 3.05) is 24.5 Å². The van der Waals surface area contributed by atoms with Crippen molar-refractivity contribution in [1.82, 2.24) is 0 Å². The largest absolute Gasteiger partial charge is 0.386 e. The molecular weight excluding hydrogens is 464 g/mol. The molecule has 2 N–H and O–H groups in total. The van der Waals surface area contributed by atoms with Crippen LogP contribution < -0.4 is 10.4 Å². The number of rotatable bonds is 6. The van der Waals surface area contributed by atoms with Gasteiger partial charge in [-0.1, -0.05) is 97.1 Å². The van der Waals surface area contributed by atoms with Gasteiger partial charge in [-0.05, 0) is 86.7 Å². The zero-order valence-electron chi connectivity index (χ0n) is 21.9. The maximum atomic E-state index is 10.3. The third kappa shape index (κ3) is 4.36. The lowest BCUT2D eigenvalue weighted by Crippen LogP contribution is -2.12. The molecule has 3 nitrogen and oxygen atoms in total. The lowest BCUT2D eigenvalue weighted by Gasteiger charge is -2.25. The Balaban J connectivity index is 1.53. The van der Waals surface area contributed by atoms with Gasteiger partial charge in [0, 0.05) is 14.1 Å². The van der Waals surface area contributed by atoms with Gasteiger partial charge in [0.1, 0.15) is 0 Å². The van der Waals surface area contributed by atoms with Gasteiger partial charge in [0.25, 0.3) is 0 Å². The molecule has 6 rings (SSSR count). The van der Waals surface area contributed by atoms with Crippen LogP contribution in [0, 0.1) is 0 Å². The van der Waals surface area contributed by atoms with Crippen LogP contribution in [0.4, 0.5) is 11.4 Å². The van der Waals surface area contributed by atoms with Crippen LogP contribution in [-0.2, 0) is 12.8 Å². The van der Waals surface area contributed by atoms with Gasteiger partial charge in [-0.15, -0.1) is 0 Å². The van der Waals surface area contributed by atoms with Gasteiger partial charge in [-0.2, -0.15) is 0 Å². The molecule has 1 aliphatic rings. The van der Waals surface area contributed by atoms with E-state index in [0.717, 1.165) is 36.2 Å². The maximum Gasteiger partial charge on any atom is 0.0868 e. The second-order valence-electron chi connectivity index (χ2n) is 9.99. The first-order chi connectivity index (χ1) is 18.6. The Hall–Kier alpha value is -4.34. The molecule has 0 spiro atoms. The fraction of sp³-hybridized carbons (Fsp3) is 0.143. The summed E-state index contributed by atoms with van der Waals surface area (Å²) >= 11 is 0. The minimum absolute atomic E-state index is 0.757. The number of fused-ring (bicyclic) bond motifs is 2. The minimum atomic E-state index is 0.757. The molecule has 0 radical (unpaired) electrons. The maximum absolute atomic E-state index is 10.3. The van der Waals surface area contributed by atoms with Crippen LogP contribution in [0.1, 0.15) is 28.7 Å². The van der Waals surface area contributed by atoms with E-state index in [0.29, 0.717) is 0 Å². The molecule has 0 saturated carbocycles. The molecule has 38 heavy (non-hydrogen) atoms. The predicted octanol–water partition coefficient (Wildman–Crippen LogP) is 8.59. The van der Waals surface area contributed by atoms with E-state index in [1.54, 1.807) is 7.05 Å². The van der Waals surface area contributed by atoms with Crippen LogP contribution >= 0.6 is 0 Å². The van der Waals surface area contributed by atoms with Gasteiger partial charge in [0.05, 0.1) is 11.4 Å². The second-order valence-corrected chi connectivity index (χ2v) is 9.99. The zero-order chi connectivity index (χ0) is 26.1. The van der Waals surface area contributed by atoms with Crippen molar-refractivity contribution >= 4 is 28.2 Å². The molecule has 5 aromatic carbocycles. The monoisotopic (exact) mass is 496 g/mol. The van der Waals surface area contributed by atoms with Gasteiger partial charge in [0.2, 0.25) is 0 Å². The topological polar surface area (TPSA) is 35.5 Å². The Labute approximate surface area is 224 Å². The number of hydroxylamine groups is 1. The summed E-state index contributed by atoms with van der Waals surface area (Å²) in [6, 6.07) is 34.8. The number of nitrogens with zero attached hydrogens (tertiary/aromatic N) is 1. The Morgan fingerprint density at radius 3 is 2.13 bits per heavy atom. The van der Waals surface area contributed by atoms with Gasteiger partial charge >= 0.3 is 0 Å². The van der Waals surface area contributed by atoms with Gasteiger partial charge < -0.3 is 5.32 Å². The fourth-order valence-electron chi connectivity index (χ4n) is 5.81. The molecule has 0 fully saturated rings. The molecule has 0 saturated heterocycles. The molecule has 1 aliphatic carbocycles. The van der Waals surface area contributed by atoms with Gasteiger partial charge in [-0.3, -0.25) is 10.3 Å². The molecule has 0 atom stereocenters. The summed E-state index contributed by atoms with van der Waals surface area (Å²) in [5.41, 5.74) is 11.9. The summed E-state index contributed by atoms with van der Waals surface area (Å²) in [6.45, 7) is 0. The quantitative estimate of drug-likeness (QED) is 0.231. The lowest BCUT2D eigenvalue weighted by molar-refractivity contribution is 0.280. The van der Waals surface area contributed by atoms with Crippen LogP contribution in [-0.4, -0.2) is 19.3 Å². The number of hydrogen-bond acceptors (Lipinski definition) is 3. The Morgan fingerprint density at radius 2 is 1.42 bits per heavy atom. The second kappa shape index (κ2) is 10.2. The first-order valence-corrected chi connectivity index (χ1v) is 13.3. The van der Waals surface area contributed by atoms with Crippen LogP contribution in [0.3, 0.4) is 0 Å². The number of allylic oxidation sites excluding steroid dienone is 1. The van der Waals surface area contributed by atoms with E-state index in [-0.39, 0.29) is 0 Å². The molecule has 5 aromatic rings. The highest BCUT2D eigenvalue weighted by molar-refractivity contribution is 6.10. The number of benzene rings is 5. The lowest BCUT2D eigenvalue weighted by atomic mass is 9.80. The van der Waals surface area contributed by atoms with Crippen molar-refractivity contribution in [3.8, 4) is 22.3 Å². The van der Waals surface area contributed by atoms with E-state index in [1.165, 1.54) is 54.8 Å². The minimum Gasteiger partial charge on any atom is -0.386 e.